The first kappa shape index (κ1) is 23.1. The average Bonchev–Trinajstić information content (AvgIpc) is 3.48. The number of ether oxygens (including phenoxy) is 1. The lowest BCUT2D eigenvalue weighted by Gasteiger charge is -2.36. The van der Waals surface area contributed by atoms with Crippen LogP contribution in [0.3, 0.4) is 0 Å². The number of nitrogens with zero attached hydrogens (tertiary/aromatic N) is 1. The van der Waals surface area contributed by atoms with Gasteiger partial charge >= 0.3 is 0 Å². The lowest BCUT2D eigenvalue weighted by atomic mass is 9.74. The third kappa shape index (κ3) is 3.65. The molecule has 3 heterocycles. The SMILES string of the molecule is CC[C@H](C)N1C(=O)[C@H]2[C@@H](C(=O)Nc3ccc(C)cc3)[C@H]3C=C[C@@]2(O3)[C@H]1C(=O)NC1CCCCC1. The zero-order valence-electron chi connectivity index (χ0n) is 20.3. The van der Waals surface area contributed by atoms with E-state index in [2.05, 4.69) is 10.6 Å². The highest BCUT2D eigenvalue weighted by Gasteiger charge is 2.73. The van der Waals surface area contributed by atoms with Crippen molar-refractivity contribution in [3.05, 3.63) is 42.0 Å². The quantitative estimate of drug-likeness (QED) is 0.631. The number of likely N-dealkylation sites (tertiary alicyclic amines) is 1. The van der Waals surface area contributed by atoms with Crippen LogP contribution < -0.4 is 10.6 Å². The molecule has 0 aromatic heterocycles. The number of aryl methyl sites for hydroxylation is 1. The van der Waals surface area contributed by atoms with Crippen molar-refractivity contribution in [1.82, 2.24) is 10.2 Å². The minimum atomic E-state index is -1.10. The highest BCUT2D eigenvalue weighted by molar-refractivity contribution is 6.02. The van der Waals surface area contributed by atoms with E-state index >= 15 is 0 Å². The molecule has 7 heteroatoms. The summed E-state index contributed by atoms with van der Waals surface area (Å²) >= 11 is 0. The number of carbonyl (C=O) groups is 3. The lowest BCUT2D eigenvalue weighted by molar-refractivity contribution is -0.143. The highest BCUT2D eigenvalue weighted by atomic mass is 16.5. The molecule has 2 N–H and O–H groups in total. The normalized spacial score (nSPS) is 33.1. The van der Waals surface area contributed by atoms with Gasteiger partial charge in [-0.2, -0.15) is 0 Å². The Morgan fingerprint density at radius 1 is 1.15 bits per heavy atom. The van der Waals surface area contributed by atoms with Crippen molar-refractivity contribution in [3.8, 4) is 0 Å². The number of benzene rings is 1. The van der Waals surface area contributed by atoms with Crippen LogP contribution in [0.5, 0.6) is 0 Å². The maximum absolute atomic E-state index is 13.8. The maximum atomic E-state index is 13.8. The average molecular weight is 466 g/mol. The van der Waals surface area contributed by atoms with Gasteiger partial charge in [-0.05, 0) is 45.2 Å². The molecule has 7 nitrogen and oxygen atoms in total. The van der Waals surface area contributed by atoms with Crippen molar-refractivity contribution in [3.63, 3.8) is 0 Å². The second-order valence-electron chi connectivity index (χ2n) is 10.4. The van der Waals surface area contributed by atoms with E-state index in [1.54, 1.807) is 4.90 Å². The van der Waals surface area contributed by atoms with Crippen LogP contribution in [-0.2, 0) is 19.1 Å². The molecule has 1 aromatic rings. The van der Waals surface area contributed by atoms with Gasteiger partial charge in [0.05, 0.1) is 17.9 Å². The van der Waals surface area contributed by atoms with Crippen molar-refractivity contribution >= 4 is 23.4 Å². The Bertz CT molecular complexity index is 1000. The van der Waals surface area contributed by atoms with Gasteiger partial charge in [0.1, 0.15) is 11.6 Å². The fraction of sp³-hybridized carbons (Fsp3) is 0.593. The van der Waals surface area contributed by atoms with Crippen molar-refractivity contribution in [2.45, 2.75) is 89.1 Å². The number of nitrogens with one attached hydrogen (secondary N) is 2. The molecule has 3 amide bonds. The Morgan fingerprint density at radius 3 is 2.53 bits per heavy atom. The van der Waals surface area contributed by atoms with Gasteiger partial charge in [0.25, 0.3) is 0 Å². The van der Waals surface area contributed by atoms with Gasteiger partial charge in [0.15, 0.2) is 0 Å². The van der Waals surface area contributed by atoms with Gasteiger partial charge in [0, 0.05) is 17.8 Å². The Hall–Kier alpha value is -2.67. The molecule has 1 spiro atoms. The van der Waals surface area contributed by atoms with E-state index in [0.717, 1.165) is 37.7 Å². The predicted octanol–water partition coefficient (Wildman–Crippen LogP) is 3.33. The second kappa shape index (κ2) is 8.84. The van der Waals surface area contributed by atoms with Gasteiger partial charge in [-0.1, -0.05) is 56.0 Å². The second-order valence-corrected chi connectivity index (χ2v) is 10.4. The number of rotatable bonds is 6. The van der Waals surface area contributed by atoms with Gasteiger partial charge in [0.2, 0.25) is 17.7 Å². The lowest BCUT2D eigenvalue weighted by Crippen LogP contribution is -2.58. The molecular formula is C27H35N3O4. The molecule has 3 aliphatic heterocycles. The van der Waals surface area contributed by atoms with Crippen LogP contribution in [0, 0.1) is 18.8 Å². The van der Waals surface area contributed by atoms with Gasteiger partial charge in [-0.3, -0.25) is 14.4 Å². The van der Waals surface area contributed by atoms with Gasteiger partial charge in [-0.25, -0.2) is 0 Å². The minimum absolute atomic E-state index is 0.133. The first-order valence-corrected chi connectivity index (χ1v) is 12.7. The topological polar surface area (TPSA) is 87.7 Å². The molecule has 2 bridgehead atoms. The summed E-state index contributed by atoms with van der Waals surface area (Å²) < 4.78 is 6.40. The fourth-order valence-corrected chi connectivity index (χ4v) is 6.27. The third-order valence-corrected chi connectivity index (χ3v) is 8.20. The summed E-state index contributed by atoms with van der Waals surface area (Å²) in [6.45, 7) is 5.96. The Balaban J connectivity index is 1.44. The number of hydrogen-bond acceptors (Lipinski definition) is 4. The van der Waals surface area contributed by atoms with E-state index in [4.69, 9.17) is 4.74 Å². The summed E-state index contributed by atoms with van der Waals surface area (Å²) in [5.74, 6) is -1.93. The highest BCUT2D eigenvalue weighted by Crippen LogP contribution is 2.55. The molecule has 0 radical (unpaired) electrons. The zero-order valence-corrected chi connectivity index (χ0v) is 20.3. The van der Waals surface area contributed by atoms with Gasteiger partial charge in [-0.15, -0.1) is 0 Å². The van der Waals surface area contributed by atoms with Crippen molar-refractivity contribution in [2.75, 3.05) is 5.32 Å². The van der Waals surface area contributed by atoms with Crippen LogP contribution >= 0.6 is 0 Å². The first-order valence-electron chi connectivity index (χ1n) is 12.7. The van der Waals surface area contributed by atoms with Gasteiger partial charge < -0.3 is 20.3 Å². The van der Waals surface area contributed by atoms with E-state index in [-0.39, 0.29) is 29.8 Å². The first-order chi connectivity index (χ1) is 16.4. The van der Waals surface area contributed by atoms with E-state index in [0.29, 0.717) is 5.69 Å². The summed E-state index contributed by atoms with van der Waals surface area (Å²) in [6, 6.07) is 6.82. The number of amides is 3. The summed E-state index contributed by atoms with van der Waals surface area (Å²) in [5, 5.41) is 6.19. The van der Waals surface area contributed by atoms with Crippen molar-refractivity contribution in [1.29, 1.82) is 0 Å². The van der Waals surface area contributed by atoms with Crippen molar-refractivity contribution < 1.29 is 19.1 Å². The molecule has 4 aliphatic rings. The molecule has 1 aliphatic carbocycles. The molecule has 3 fully saturated rings. The van der Waals surface area contributed by atoms with E-state index in [1.807, 2.05) is 57.2 Å². The van der Waals surface area contributed by atoms with Crippen molar-refractivity contribution in [2.24, 2.45) is 11.8 Å². The fourth-order valence-electron chi connectivity index (χ4n) is 6.27. The zero-order chi connectivity index (χ0) is 24.0. The number of hydrogen-bond donors (Lipinski definition) is 2. The molecule has 1 aromatic carbocycles. The molecule has 182 valence electrons. The molecule has 34 heavy (non-hydrogen) atoms. The Morgan fingerprint density at radius 2 is 1.85 bits per heavy atom. The van der Waals surface area contributed by atoms with E-state index in [1.165, 1.54) is 6.42 Å². The number of anilines is 1. The minimum Gasteiger partial charge on any atom is -0.359 e. The maximum Gasteiger partial charge on any atom is 0.246 e. The third-order valence-electron chi connectivity index (χ3n) is 8.20. The van der Waals surface area contributed by atoms with Crippen LogP contribution in [-0.4, -0.2) is 52.5 Å². The summed E-state index contributed by atoms with van der Waals surface area (Å²) in [5.41, 5.74) is 0.691. The summed E-state index contributed by atoms with van der Waals surface area (Å²) in [4.78, 5) is 42.7. The molecule has 6 atom stereocenters. The Kier molecular flexibility index (Phi) is 6.00. The molecule has 1 saturated carbocycles. The van der Waals surface area contributed by atoms with Crippen LogP contribution in [0.25, 0.3) is 0 Å². The van der Waals surface area contributed by atoms with E-state index in [9.17, 15) is 14.4 Å². The van der Waals surface area contributed by atoms with Crippen LogP contribution in [0.15, 0.2) is 36.4 Å². The summed E-state index contributed by atoms with van der Waals surface area (Å²) in [6.07, 6.45) is 9.30. The number of fused-ring (bicyclic) bond motifs is 1. The van der Waals surface area contributed by atoms with Crippen LogP contribution in [0.4, 0.5) is 5.69 Å². The smallest absolute Gasteiger partial charge is 0.246 e. The molecule has 5 rings (SSSR count). The standard InChI is InChI=1S/C27H35N3O4/c1-4-17(3)30-23(25(32)29-18-8-6-5-7-9-18)27-15-14-20(34-27)21(22(27)26(30)33)24(31)28-19-12-10-16(2)11-13-19/h10-15,17-18,20-23H,4-9H2,1-3H3,(H,28,31)(H,29,32)/t17-,20+,21-,22+,23+,27-/m0/s1. The Labute approximate surface area is 201 Å². The molecule has 2 saturated heterocycles. The van der Waals surface area contributed by atoms with E-state index < -0.39 is 29.6 Å². The summed E-state index contributed by atoms with van der Waals surface area (Å²) in [7, 11) is 0. The number of carbonyl (C=O) groups excluding carboxylic acids is 3. The monoisotopic (exact) mass is 465 g/mol. The van der Waals surface area contributed by atoms with Crippen LogP contribution in [0.2, 0.25) is 0 Å². The van der Waals surface area contributed by atoms with Crippen LogP contribution in [0.1, 0.15) is 57.9 Å². The molecular weight excluding hydrogens is 430 g/mol. The molecule has 0 unspecified atom stereocenters. The predicted molar refractivity (Wildman–Crippen MR) is 129 cm³/mol. The largest absolute Gasteiger partial charge is 0.359 e.